The summed E-state index contributed by atoms with van der Waals surface area (Å²) in [6, 6.07) is 18.2. The lowest BCUT2D eigenvalue weighted by Gasteiger charge is -2.26. The lowest BCUT2D eigenvalue weighted by Crippen LogP contribution is -2.32. The van der Waals surface area contributed by atoms with E-state index in [9.17, 15) is 4.79 Å². The van der Waals surface area contributed by atoms with Crippen molar-refractivity contribution in [1.29, 1.82) is 0 Å². The van der Waals surface area contributed by atoms with Crippen LogP contribution in [-0.2, 0) is 20.8 Å². The summed E-state index contributed by atoms with van der Waals surface area (Å²) >= 11 is 0. The number of hydroxylamine groups is 1. The molecule has 0 aliphatic carbocycles. The predicted octanol–water partition coefficient (Wildman–Crippen LogP) is 4.70. The highest BCUT2D eigenvalue weighted by atomic mass is 16.8. The van der Waals surface area contributed by atoms with Crippen LogP contribution in [0.25, 0.3) is 12.2 Å². The molecule has 0 radical (unpaired) electrons. The van der Waals surface area contributed by atoms with Crippen molar-refractivity contribution in [3.05, 3.63) is 83.1 Å². The molecule has 196 valence electrons. The first-order chi connectivity index (χ1) is 18.1. The Morgan fingerprint density at radius 1 is 1.03 bits per heavy atom. The number of aliphatic imine (C=N–C) groups is 1. The van der Waals surface area contributed by atoms with Gasteiger partial charge >= 0.3 is 0 Å². The number of piperidine rings is 1. The summed E-state index contributed by atoms with van der Waals surface area (Å²) in [5, 5.41) is 0. The first-order valence-corrected chi connectivity index (χ1v) is 13.3. The molecule has 2 fully saturated rings. The second kappa shape index (κ2) is 14.5. The summed E-state index contributed by atoms with van der Waals surface area (Å²) in [7, 11) is 0. The standard InChI is InChI=1S/C30H38N4O3/c31-28(32-27(21-25-9-3-1-4-10-25)23-34-18-6-2-7-19-34)22-26-14-12-24(13-15-26)16-17-29(35)33-37-30-11-5-8-20-36-30/h1,3-4,9-10,12-17,21,30H,2,5-8,11,18-20,22-23H2,(H2,31,32)(H,33,35)/b17-16+,27-21+. The zero-order valence-corrected chi connectivity index (χ0v) is 21.5. The SMILES string of the molecule is NC(Cc1ccc(/C=C/C(=O)NOC2CCCCO2)cc1)=N/C(=C/c1ccccc1)CN1CCCCC1. The van der Waals surface area contributed by atoms with Gasteiger partial charge in [-0.3, -0.25) is 9.69 Å². The maximum Gasteiger partial charge on any atom is 0.267 e. The van der Waals surface area contributed by atoms with Crippen LogP contribution in [-0.4, -0.2) is 49.2 Å². The van der Waals surface area contributed by atoms with Crippen molar-refractivity contribution in [2.75, 3.05) is 26.2 Å². The van der Waals surface area contributed by atoms with Gasteiger partial charge < -0.3 is 10.5 Å². The Balaban J connectivity index is 1.33. The van der Waals surface area contributed by atoms with Crippen molar-refractivity contribution in [2.45, 2.75) is 51.2 Å². The van der Waals surface area contributed by atoms with E-state index in [1.165, 1.54) is 25.3 Å². The Morgan fingerprint density at radius 2 is 1.81 bits per heavy atom. The lowest BCUT2D eigenvalue weighted by atomic mass is 10.1. The van der Waals surface area contributed by atoms with E-state index in [1.54, 1.807) is 6.08 Å². The third-order valence-corrected chi connectivity index (χ3v) is 6.48. The van der Waals surface area contributed by atoms with Crippen LogP contribution in [0.15, 0.2) is 71.4 Å². The van der Waals surface area contributed by atoms with Gasteiger partial charge in [-0.1, -0.05) is 61.0 Å². The fraction of sp³-hybridized carbons (Fsp3) is 0.400. The third-order valence-electron chi connectivity index (χ3n) is 6.48. The summed E-state index contributed by atoms with van der Waals surface area (Å²) in [5.41, 5.74) is 12.9. The van der Waals surface area contributed by atoms with Gasteiger partial charge in [0.15, 0.2) is 6.29 Å². The number of hydrogen-bond donors (Lipinski definition) is 2. The number of benzene rings is 2. The Morgan fingerprint density at radius 3 is 2.54 bits per heavy atom. The molecule has 0 saturated carbocycles. The smallest absolute Gasteiger partial charge is 0.267 e. The molecule has 0 spiro atoms. The molecule has 2 aliphatic rings. The molecule has 2 aliphatic heterocycles. The van der Waals surface area contributed by atoms with Crippen LogP contribution >= 0.6 is 0 Å². The molecule has 1 unspecified atom stereocenters. The van der Waals surface area contributed by atoms with Gasteiger partial charge in [0, 0.05) is 32.1 Å². The molecule has 37 heavy (non-hydrogen) atoms. The van der Waals surface area contributed by atoms with E-state index in [0.717, 1.165) is 61.3 Å². The highest BCUT2D eigenvalue weighted by Crippen LogP contribution is 2.16. The number of rotatable bonds is 10. The highest BCUT2D eigenvalue weighted by Gasteiger charge is 2.15. The Kier molecular flexibility index (Phi) is 10.5. The minimum Gasteiger partial charge on any atom is -0.387 e. The van der Waals surface area contributed by atoms with Gasteiger partial charge in [0.25, 0.3) is 5.91 Å². The summed E-state index contributed by atoms with van der Waals surface area (Å²) in [4.78, 5) is 24.6. The van der Waals surface area contributed by atoms with Crippen molar-refractivity contribution in [1.82, 2.24) is 10.4 Å². The normalized spacial score (nSPS) is 19.7. The first-order valence-electron chi connectivity index (χ1n) is 13.3. The van der Waals surface area contributed by atoms with Gasteiger partial charge in [0.1, 0.15) is 5.84 Å². The molecular weight excluding hydrogens is 464 g/mol. The molecular formula is C30H38N4O3. The molecule has 3 N–H and O–H groups in total. The number of amides is 1. The first kappa shape index (κ1) is 26.8. The highest BCUT2D eigenvalue weighted by molar-refractivity contribution is 5.91. The molecule has 2 saturated heterocycles. The fourth-order valence-corrected chi connectivity index (χ4v) is 4.52. The molecule has 4 rings (SSSR count). The van der Waals surface area contributed by atoms with Crippen LogP contribution in [0.1, 0.15) is 55.2 Å². The number of carbonyl (C=O) groups excluding carboxylic acids is 1. The average Bonchev–Trinajstić information content (AvgIpc) is 2.93. The Labute approximate surface area is 220 Å². The van der Waals surface area contributed by atoms with E-state index >= 15 is 0 Å². The second-order valence-corrected chi connectivity index (χ2v) is 9.62. The number of hydrogen-bond acceptors (Lipinski definition) is 5. The number of likely N-dealkylation sites (tertiary alicyclic amines) is 1. The van der Waals surface area contributed by atoms with Crippen LogP contribution < -0.4 is 11.2 Å². The van der Waals surface area contributed by atoms with Gasteiger partial charge in [-0.25, -0.2) is 15.3 Å². The third kappa shape index (κ3) is 9.61. The Bertz CT molecular complexity index is 1070. The summed E-state index contributed by atoms with van der Waals surface area (Å²) < 4.78 is 5.44. The molecule has 1 amide bonds. The van der Waals surface area contributed by atoms with Gasteiger partial charge in [0.05, 0.1) is 5.70 Å². The van der Waals surface area contributed by atoms with Gasteiger partial charge in [-0.05, 0) is 67.6 Å². The largest absolute Gasteiger partial charge is 0.387 e. The summed E-state index contributed by atoms with van der Waals surface area (Å²) in [6.07, 6.45) is 12.2. The second-order valence-electron chi connectivity index (χ2n) is 9.62. The van der Waals surface area contributed by atoms with E-state index in [-0.39, 0.29) is 12.2 Å². The zero-order valence-electron chi connectivity index (χ0n) is 21.5. The van der Waals surface area contributed by atoms with Crippen molar-refractivity contribution >= 4 is 23.9 Å². The van der Waals surface area contributed by atoms with Crippen LogP contribution in [0, 0.1) is 0 Å². The van der Waals surface area contributed by atoms with Crippen LogP contribution in [0.5, 0.6) is 0 Å². The van der Waals surface area contributed by atoms with Crippen molar-refractivity contribution in [2.24, 2.45) is 10.7 Å². The maximum absolute atomic E-state index is 12.0. The zero-order chi connectivity index (χ0) is 25.7. The van der Waals surface area contributed by atoms with Gasteiger partial charge in [0.2, 0.25) is 0 Å². The molecule has 7 heteroatoms. The van der Waals surface area contributed by atoms with E-state index in [0.29, 0.717) is 18.9 Å². The number of nitrogens with two attached hydrogens (primary N) is 1. The van der Waals surface area contributed by atoms with Gasteiger partial charge in [-0.2, -0.15) is 0 Å². The van der Waals surface area contributed by atoms with E-state index in [4.69, 9.17) is 20.3 Å². The van der Waals surface area contributed by atoms with E-state index < -0.39 is 0 Å². The molecule has 0 aromatic heterocycles. The fourth-order valence-electron chi connectivity index (χ4n) is 4.52. The number of nitrogens with one attached hydrogen (secondary N) is 1. The molecule has 2 heterocycles. The van der Waals surface area contributed by atoms with E-state index in [1.807, 2.05) is 42.5 Å². The summed E-state index contributed by atoms with van der Waals surface area (Å²) in [6.45, 7) is 3.68. The molecule has 0 bridgehead atoms. The number of ether oxygens (including phenoxy) is 1. The lowest BCUT2D eigenvalue weighted by molar-refractivity contribution is -0.198. The molecule has 7 nitrogen and oxygen atoms in total. The van der Waals surface area contributed by atoms with Crippen molar-refractivity contribution < 1.29 is 14.4 Å². The van der Waals surface area contributed by atoms with Gasteiger partial charge in [-0.15, -0.1) is 0 Å². The van der Waals surface area contributed by atoms with Crippen LogP contribution in [0.4, 0.5) is 0 Å². The maximum atomic E-state index is 12.0. The predicted molar refractivity (Wildman–Crippen MR) is 148 cm³/mol. The average molecular weight is 503 g/mol. The summed E-state index contributed by atoms with van der Waals surface area (Å²) in [5.74, 6) is 0.269. The minimum atomic E-state index is -0.361. The number of amidine groups is 1. The molecule has 2 aromatic carbocycles. The number of nitrogens with zero attached hydrogens (tertiary/aromatic N) is 2. The van der Waals surface area contributed by atoms with Crippen molar-refractivity contribution in [3.63, 3.8) is 0 Å². The van der Waals surface area contributed by atoms with Crippen LogP contribution in [0.2, 0.25) is 0 Å². The number of carbonyl (C=O) groups is 1. The topological polar surface area (TPSA) is 89.2 Å². The monoisotopic (exact) mass is 502 g/mol. The van der Waals surface area contributed by atoms with Crippen molar-refractivity contribution in [3.8, 4) is 0 Å². The van der Waals surface area contributed by atoms with Crippen LogP contribution in [0.3, 0.4) is 0 Å². The van der Waals surface area contributed by atoms with E-state index in [2.05, 4.69) is 28.6 Å². The molecule has 1 atom stereocenters. The molecule has 2 aromatic rings. The minimum absolute atomic E-state index is 0.318. The Hall–Kier alpha value is -3.26. The quantitative estimate of drug-likeness (QED) is 0.213.